The third-order valence-corrected chi connectivity index (χ3v) is 5.44. The van der Waals surface area contributed by atoms with Crippen LogP contribution in [0.25, 0.3) is 0 Å². The van der Waals surface area contributed by atoms with E-state index >= 15 is 0 Å². The molecular weight excluding hydrogens is 292 g/mol. The van der Waals surface area contributed by atoms with Gasteiger partial charge in [0, 0.05) is 11.8 Å². The Labute approximate surface area is 136 Å². The first-order valence-corrected chi connectivity index (χ1v) is 8.99. The highest BCUT2D eigenvalue weighted by atomic mass is 32.2. The zero-order chi connectivity index (χ0) is 15.4. The second kappa shape index (κ2) is 7.29. The number of hydrogen-bond donors (Lipinski definition) is 0. The Morgan fingerprint density at radius 1 is 1.23 bits per heavy atom. The molecule has 1 aromatic carbocycles. The van der Waals surface area contributed by atoms with E-state index in [1.165, 1.54) is 31.4 Å². The molecule has 3 rings (SSSR count). The lowest BCUT2D eigenvalue weighted by atomic mass is 10.2. The summed E-state index contributed by atoms with van der Waals surface area (Å²) >= 11 is 1.84. The van der Waals surface area contributed by atoms with E-state index in [0.29, 0.717) is 0 Å². The van der Waals surface area contributed by atoms with Crippen molar-refractivity contribution in [3.63, 3.8) is 0 Å². The summed E-state index contributed by atoms with van der Waals surface area (Å²) in [4.78, 5) is 2.49. The number of thioether (sulfide) groups is 1. The Kier molecular flexibility index (Phi) is 5.16. The predicted octanol–water partition coefficient (Wildman–Crippen LogP) is 3.21. The summed E-state index contributed by atoms with van der Waals surface area (Å²) in [6.07, 6.45) is 3.92. The van der Waals surface area contributed by atoms with E-state index < -0.39 is 0 Å². The highest BCUT2D eigenvalue weighted by Gasteiger charge is 2.20. The van der Waals surface area contributed by atoms with Crippen molar-refractivity contribution in [3.8, 4) is 0 Å². The maximum absolute atomic E-state index is 4.36. The Bertz CT molecular complexity index is 596. The first-order valence-electron chi connectivity index (χ1n) is 8.01. The molecule has 0 bridgehead atoms. The minimum atomic E-state index is 0.749. The summed E-state index contributed by atoms with van der Waals surface area (Å²) in [7, 11) is 2.24. The molecule has 1 aliphatic rings. The topological polar surface area (TPSA) is 34.0 Å². The number of likely N-dealkylation sites (tertiary alicyclic amines) is 1. The van der Waals surface area contributed by atoms with E-state index in [1.54, 1.807) is 0 Å². The lowest BCUT2D eigenvalue weighted by Gasteiger charge is -2.18. The Balaban J connectivity index is 1.59. The summed E-state index contributed by atoms with van der Waals surface area (Å²) in [5.74, 6) is 2.10. The number of aryl methyl sites for hydroxylation is 1. The van der Waals surface area contributed by atoms with E-state index in [2.05, 4.69) is 57.0 Å². The average Bonchev–Trinajstić information content (AvgIpc) is 3.09. The SMILES string of the molecule is Cc1nnc(SCC[C@H]2CCCN2C)n1Cc1ccccc1. The number of benzene rings is 1. The molecule has 1 aliphatic heterocycles. The number of nitrogens with zero attached hydrogens (tertiary/aromatic N) is 4. The van der Waals surface area contributed by atoms with Gasteiger partial charge in [-0.25, -0.2) is 0 Å². The molecule has 0 amide bonds. The summed E-state index contributed by atoms with van der Waals surface area (Å²) in [6, 6.07) is 11.3. The number of rotatable bonds is 6. The molecule has 5 heteroatoms. The zero-order valence-electron chi connectivity index (χ0n) is 13.4. The third kappa shape index (κ3) is 3.70. The van der Waals surface area contributed by atoms with Crippen LogP contribution in [0.3, 0.4) is 0 Å². The van der Waals surface area contributed by atoms with Crippen molar-refractivity contribution in [1.82, 2.24) is 19.7 Å². The van der Waals surface area contributed by atoms with Gasteiger partial charge in [-0.3, -0.25) is 0 Å². The second-order valence-electron chi connectivity index (χ2n) is 6.02. The average molecular weight is 316 g/mol. The monoisotopic (exact) mass is 316 g/mol. The van der Waals surface area contributed by atoms with Gasteiger partial charge < -0.3 is 9.47 Å². The predicted molar refractivity (Wildman–Crippen MR) is 91.3 cm³/mol. The third-order valence-electron chi connectivity index (χ3n) is 4.44. The molecule has 0 N–H and O–H groups in total. The van der Waals surface area contributed by atoms with E-state index in [1.807, 2.05) is 18.7 Å². The molecule has 0 spiro atoms. The van der Waals surface area contributed by atoms with Crippen LogP contribution in [-0.4, -0.2) is 45.1 Å². The molecule has 2 heterocycles. The first kappa shape index (κ1) is 15.6. The van der Waals surface area contributed by atoms with Gasteiger partial charge in [-0.15, -0.1) is 10.2 Å². The minimum absolute atomic E-state index is 0.749. The van der Waals surface area contributed by atoms with Crippen LogP contribution in [0.4, 0.5) is 0 Å². The quantitative estimate of drug-likeness (QED) is 0.766. The van der Waals surface area contributed by atoms with E-state index in [0.717, 1.165) is 29.3 Å². The smallest absolute Gasteiger partial charge is 0.191 e. The van der Waals surface area contributed by atoms with Crippen LogP contribution >= 0.6 is 11.8 Å². The number of aromatic nitrogens is 3. The lowest BCUT2D eigenvalue weighted by molar-refractivity contribution is 0.305. The van der Waals surface area contributed by atoms with Crippen LogP contribution in [0.15, 0.2) is 35.5 Å². The van der Waals surface area contributed by atoms with Gasteiger partial charge in [0.2, 0.25) is 0 Å². The molecule has 118 valence electrons. The molecule has 1 atom stereocenters. The molecule has 1 aromatic heterocycles. The molecule has 2 aromatic rings. The summed E-state index contributed by atoms with van der Waals surface area (Å²) in [5.41, 5.74) is 1.29. The number of hydrogen-bond acceptors (Lipinski definition) is 4. The summed E-state index contributed by atoms with van der Waals surface area (Å²) in [5, 5.41) is 9.66. The molecule has 4 nitrogen and oxygen atoms in total. The van der Waals surface area contributed by atoms with Crippen LogP contribution in [0, 0.1) is 6.92 Å². The maximum Gasteiger partial charge on any atom is 0.191 e. The van der Waals surface area contributed by atoms with Crippen molar-refractivity contribution >= 4 is 11.8 Å². The fourth-order valence-electron chi connectivity index (χ4n) is 3.05. The molecule has 1 fully saturated rings. The van der Waals surface area contributed by atoms with Gasteiger partial charge in [0.05, 0.1) is 6.54 Å². The van der Waals surface area contributed by atoms with Gasteiger partial charge in [-0.05, 0) is 45.3 Å². The minimum Gasteiger partial charge on any atom is -0.303 e. The zero-order valence-corrected chi connectivity index (χ0v) is 14.2. The molecule has 0 saturated carbocycles. The fourth-order valence-corrected chi connectivity index (χ4v) is 4.07. The Hall–Kier alpha value is -1.33. The van der Waals surface area contributed by atoms with Crippen molar-refractivity contribution in [2.45, 2.75) is 43.9 Å². The van der Waals surface area contributed by atoms with Gasteiger partial charge in [0.1, 0.15) is 5.82 Å². The van der Waals surface area contributed by atoms with Crippen LogP contribution < -0.4 is 0 Å². The van der Waals surface area contributed by atoms with Gasteiger partial charge in [-0.1, -0.05) is 42.1 Å². The summed E-state index contributed by atoms with van der Waals surface area (Å²) in [6.45, 7) is 4.13. The van der Waals surface area contributed by atoms with Crippen LogP contribution in [0.2, 0.25) is 0 Å². The van der Waals surface area contributed by atoms with Crippen LogP contribution in [0.5, 0.6) is 0 Å². The van der Waals surface area contributed by atoms with Crippen molar-refractivity contribution in [2.75, 3.05) is 19.3 Å². The van der Waals surface area contributed by atoms with E-state index in [9.17, 15) is 0 Å². The molecular formula is C17H24N4S. The Morgan fingerprint density at radius 3 is 2.77 bits per heavy atom. The highest BCUT2D eigenvalue weighted by molar-refractivity contribution is 7.99. The van der Waals surface area contributed by atoms with Crippen molar-refractivity contribution in [3.05, 3.63) is 41.7 Å². The van der Waals surface area contributed by atoms with Crippen LogP contribution in [0.1, 0.15) is 30.7 Å². The normalized spacial score (nSPS) is 18.9. The van der Waals surface area contributed by atoms with Crippen molar-refractivity contribution in [1.29, 1.82) is 0 Å². The van der Waals surface area contributed by atoms with Gasteiger partial charge in [0.15, 0.2) is 5.16 Å². The van der Waals surface area contributed by atoms with Crippen LogP contribution in [-0.2, 0) is 6.54 Å². The van der Waals surface area contributed by atoms with E-state index in [-0.39, 0.29) is 0 Å². The lowest BCUT2D eigenvalue weighted by Crippen LogP contribution is -2.25. The largest absolute Gasteiger partial charge is 0.303 e. The first-order chi connectivity index (χ1) is 10.7. The van der Waals surface area contributed by atoms with Gasteiger partial charge in [-0.2, -0.15) is 0 Å². The second-order valence-corrected chi connectivity index (χ2v) is 7.08. The van der Waals surface area contributed by atoms with Crippen molar-refractivity contribution in [2.24, 2.45) is 0 Å². The Morgan fingerprint density at radius 2 is 2.05 bits per heavy atom. The fraction of sp³-hybridized carbons (Fsp3) is 0.529. The molecule has 1 saturated heterocycles. The highest BCUT2D eigenvalue weighted by Crippen LogP contribution is 2.24. The van der Waals surface area contributed by atoms with Gasteiger partial charge in [0.25, 0.3) is 0 Å². The molecule has 22 heavy (non-hydrogen) atoms. The maximum atomic E-state index is 4.36. The molecule has 0 aliphatic carbocycles. The summed E-state index contributed by atoms with van der Waals surface area (Å²) < 4.78 is 2.22. The van der Waals surface area contributed by atoms with Gasteiger partial charge >= 0.3 is 0 Å². The molecule has 0 radical (unpaired) electrons. The molecule has 0 unspecified atom stereocenters. The van der Waals surface area contributed by atoms with Crippen molar-refractivity contribution < 1.29 is 0 Å². The van der Waals surface area contributed by atoms with E-state index in [4.69, 9.17) is 0 Å². The standard InChI is InChI=1S/C17H24N4S/c1-14-18-19-17(21(14)13-15-7-4-3-5-8-15)22-12-10-16-9-6-11-20(16)2/h3-5,7-8,16H,6,9-13H2,1-2H3/t16-/m1/s1.